The van der Waals surface area contributed by atoms with Crippen LogP contribution in [0.25, 0.3) is 0 Å². The molecule has 0 aromatic heterocycles. The second kappa shape index (κ2) is 6.37. The molecule has 0 aromatic rings. The zero-order chi connectivity index (χ0) is 13.8. The van der Waals surface area contributed by atoms with E-state index in [4.69, 9.17) is 0 Å². The first-order valence-corrected chi connectivity index (χ1v) is 7.33. The maximum absolute atomic E-state index is 11.7. The van der Waals surface area contributed by atoms with E-state index in [0.717, 1.165) is 32.1 Å². The Morgan fingerprint density at radius 1 is 1.26 bits per heavy atom. The SMILES string of the molecule is CC1CC1C(=O)NCCC(=O)N[C@H]1CCCC[C@@H]1O. The molecule has 19 heavy (non-hydrogen) atoms. The molecule has 108 valence electrons. The number of amides is 2. The summed E-state index contributed by atoms with van der Waals surface area (Å²) in [6.07, 6.45) is 4.53. The first-order chi connectivity index (χ1) is 9.08. The van der Waals surface area contributed by atoms with Crippen molar-refractivity contribution < 1.29 is 14.7 Å². The Bertz CT molecular complexity index is 346. The van der Waals surface area contributed by atoms with Gasteiger partial charge in [0, 0.05) is 18.9 Å². The molecule has 0 saturated heterocycles. The maximum Gasteiger partial charge on any atom is 0.223 e. The largest absolute Gasteiger partial charge is 0.391 e. The van der Waals surface area contributed by atoms with Gasteiger partial charge in [-0.25, -0.2) is 0 Å². The number of aliphatic hydroxyl groups is 1. The van der Waals surface area contributed by atoms with Crippen LogP contribution < -0.4 is 10.6 Å². The minimum absolute atomic E-state index is 0.0676. The highest BCUT2D eigenvalue weighted by molar-refractivity contribution is 5.82. The summed E-state index contributed by atoms with van der Waals surface area (Å²) in [4.78, 5) is 23.3. The predicted octanol–water partition coefficient (Wildman–Crippen LogP) is 0.568. The molecule has 2 aliphatic carbocycles. The van der Waals surface area contributed by atoms with Crippen LogP contribution in [0.1, 0.15) is 45.4 Å². The van der Waals surface area contributed by atoms with Gasteiger partial charge >= 0.3 is 0 Å². The van der Waals surface area contributed by atoms with Gasteiger partial charge in [0.05, 0.1) is 12.1 Å². The van der Waals surface area contributed by atoms with E-state index in [1.165, 1.54) is 0 Å². The summed E-state index contributed by atoms with van der Waals surface area (Å²) in [5.74, 6) is 0.627. The molecule has 5 nitrogen and oxygen atoms in total. The molecule has 2 rings (SSSR count). The third-order valence-corrected chi connectivity index (χ3v) is 4.17. The van der Waals surface area contributed by atoms with Gasteiger partial charge in [0.1, 0.15) is 0 Å². The normalized spacial score (nSPS) is 33.6. The van der Waals surface area contributed by atoms with E-state index in [1.807, 2.05) is 0 Å². The summed E-state index contributed by atoms with van der Waals surface area (Å²) in [5, 5.41) is 15.4. The summed E-state index contributed by atoms with van der Waals surface area (Å²) in [7, 11) is 0. The smallest absolute Gasteiger partial charge is 0.223 e. The summed E-state index contributed by atoms with van der Waals surface area (Å²) >= 11 is 0. The molecular formula is C14H24N2O3. The first kappa shape index (κ1) is 14.3. The van der Waals surface area contributed by atoms with Gasteiger partial charge in [-0.05, 0) is 25.2 Å². The van der Waals surface area contributed by atoms with E-state index in [2.05, 4.69) is 17.6 Å². The average molecular weight is 268 g/mol. The number of hydrogen-bond donors (Lipinski definition) is 3. The highest BCUT2D eigenvalue weighted by Gasteiger charge is 2.38. The number of carbonyl (C=O) groups is 2. The number of rotatable bonds is 5. The fraction of sp³-hybridized carbons (Fsp3) is 0.857. The number of hydrogen-bond acceptors (Lipinski definition) is 3. The van der Waals surface area contributed by atoms with Crippen molar-refractivity contribution in [2.45, 2.75) is 57.6 Å². The van der Waals surface area contributed by atoms with Gasteiger partial charge in [0.15, 0.2) is 0 Å². The topological polar surface area (TPSA) is 78.4 Å². The second-order valence-electron chi connectivity index (χ2n) is 5.89. The van der Waals surface area contributed by atoms with Crippen LogP contribution in [-0.4, -0.2) is 35.6 Å². The van der Waals surface area contributed by atoms with Crippen LogP contribution in [-0.2, 0) is 9.59 Å². The molecule has 0 spiro atoms. The summed E-state index contributed by atoms with van der Waals surface area (Å²) in [5.41, 5.74) is 0. The van der Waals surface area contributed by atoms with Gasteiger partial charge in [0.25, 0.3) is 0 Å². The van der Waals surface area contributed by atoms with Gasteiger partial charge in [-0.15, -0.1) is 0 Å². The molecule has 0 heterocycles. The standard InChI is InChI=1S/C14H24N2O3/c1-9-8-10(9)14(19)15-7-6-13(18)16-11-4-2-3-5-12(11)17/h9-12,17H,2-8H2,1H3,(H,15,19)(H,16,18)/t9?,10?,11-,12-/m0/s1. The van der Waals surface area contributed by atoms with Crippen molar-refractivity contribution in [2.24, 2.45) is 11.8 Å². The maximum atomic E-state index is 11.7. The van der Waals surface area contributed by atoms with Crippen LogP contribution >= 0.6 is 0 Å². The van der Waals surface area contributed by atoms with Crippen molar-refractivity contribution in [3.05, 3.63) is 0 Å². The summed E-state index contributed by atoms with van der Waals surface area (Å²) in [6.45, 7) is 2.44. The molecule has 0 aliphatic heterocycles. The summed E-state index contributed by atoms with van der Waals surface area (Å²) < 4.78 is 0. The number of aliphatic hydroxyl groups excluding tert-OH is 1. The van der Waals surface area contributed by atoms with Gasteiger partial charge in [-0.2, -0.15) is 0 Å². The van der Waals surface area contributed by atoms with Crippen LogP contribution in [0.5, 0.6) is 0 Å². The zero-order valence-electron chi connectivity index (χ0n) is 11.5. The molecule has 2 unspecified atom stereocenters. The number of nitrogens with one attached hydrogen (secondary N) is 2. The minimum Gasteiger partial charge on any atom is -0.391 e. The van der Waals surface area contributed by atoms with Crippen LogP contribution in [0.15, 0.2) is 0 Å². The van der Waals surface area contributed by atoms with Gasteiger partial charge < -0.3 is 15.7 Å². The van der Waals surface area contributed by atoms with Crippen molar-refractivity contribution in [3.8, 4) is 0 Å². The highest BCUT2D eigenvalue weighted by Crippen LogP contribution is 2.37. The monoisotopic (exact) mass is 268 g/mol. The molecule has 3 N–H and O–H groups in total. The average Bonchev–Trinajstić information content (AvgIpc) is 3.09. The Labute approximate surface area is 114 Å². The van der Waals surface area contributed by atoms with Crippen LogP contribution in [0.4, 0.5) is 0 Å². The molecule has 0 bridgehead atoms. The van der Waals surface area contributed by atoms with Crippen molar-refractivity contribution in [1.29, 1.82) is 0 Å². The molecular weight excluding hydrogens is 244 g/mol. The van der Waals surface area contributed by atoms with Crippen LogP contribution in [0.3, 0.4) is 0 Å². The van der Waals surface area contributed by atoms with E-state index in [0.29, 0.717) is 12.5 Å². The lowest BCUT2D eigenvalue weighted by molar-refractivity contribution is -0.124. The Kier molecular flexibility index (Phi) is 4.80. The Morgan fingerprint density at radius 3 is 2.58 bits per heavy atom. The zero-order valence-corrected chi connectivity index (χ0v) is 11.5. The molecule has 4 atom stereocenters. The van der Waals surface area contributed by atoms with Crippen molar-refractivity contribution >= 4 is 11.8 Å². The lowest BCUT2D eigenvalue weighted by Gasteiger charge is -2.28. The number of carbonyl (C=O) groups excluding carboxylic acids is 2. The van der Waals surface area contributed by atoms with Crippen LogP contribution in [0.2, 0.25) is 0 Å². The van der Waals surface area contributed by atoms with E-state index in [9.17, 15) is 14.7 Å². The molecule has 2 amide bonds. The van der Waals surface area contributed by atoms with Crippen molar-refractivity contribution in [3.63, 3.8) is 0 Å². The lowest BCUT2D eigenvalue weighted by Crippen LogP contribution is -2.45. The molecule has 2 saturated carbocycles. The van der Waals surface area contributed by atoms with Gasteiger partial charge in [0.2, 0.25) is 11.8 Å². The van der Waals surface area contributed by atoms with Gasteiger partial charge in [-0.1, -0.05) is 19.8 Å². The van der Waals surface area contributed by atoms with E-state index < -0.39 is 6.10 Å². The van der Waals surface area contributed by atoms with Crippen molar-refractivity contribution in [1.82, 2.24) is 10.6 Å². The molecule has 2 aliphatic rings. The van der Waals surface area contributed by atoms with E-state index in [-0.39, 0.29) is 30.2 Å². The Balaban J connectivity index is 1.60. The highest BCUT2D eigenvalue weighted by atomic mass is 16.3. The molecule has 2 fully saturated rings. The third kappa shape index (κ3) is 4.20. The Morgan fingerprint density at radius 2 is 1.95 bits per heavy atom. The quantitative estimate of drug-likeness (QED) is 0.682. The predicted molar refractivity (Wildman–Crippen MR) is 71.3 cm³/mol. The van der Waals surface area contributed by atoms with E-state index >= 15 is 0 Å². The lowest BCUT2D eigenvalue weighted by atomic mass is 9.92. The molecule has 0 radical (unpaired) electrons. The van der Waals surface area contributed by atoms with E-state index in [1.54, 1.807) is 0 Å². The Hall–Kier alpha value is -1.10. The fourth-order valence-electron chi connectivity index (χ4n) is 2.68. The third-order valence-electron chi connectivity index (χ3n) is 4.17. The van der Waals surface area contributed by atoms with Crippen LogP contribution in [0, 0.1) is 11.8 Å². The summed E-state index contributed by atoms with van der Waals surface area (Å²) in [6, 6.07) is -0.111. The minimum atomic E-state index is -0.417. The molecule has 5 heteroatoms. The van der Waals surface area contributed by atoms with Gasteiger partial charge in [-0.3, -0.25) is 9.59 Å². The van der Waals surface area contributed by atoms with Crippen molar-refractivity contribution in [2.75, 3.05) is 6.54 Å². The fourth-order valence-corrected chi connectivity index (χ4v) is 2.68. The first-order valence-electron chi connectivity index (χ1n) is 7.33. The second-order valence-corrected chi connectivity index (χ2v) is 5.89. The molecule has 0 aromatic carbocycles.